The molecule has 0 spiro atoms. The van der Waals surface area contributed by atoms with E-state index >= 15 is 0 Å². The maximum absolute atomic E-state index is 9.78. The van der Waals surface area contributed by atoms with E-state index in [-0.39, 0.29) is 34.0 Å². The van der Waals surface area contributed by atoms with Crippen LogP contribution in [0, 0.1) is 0 Å². The van der Waals surface area contributed by atoms with Gasteiger partial charge >= 0.3 is 18.1 Å². The van der Waals surface area contributed by atoms with Crippen LogP contribution in [0.5, 0.6) is 0 Å². The van der Waals surface area contributed by atoms with Crippen molar-refractivity contribution in [3.8, 4) is 0 Å². The van der Waals surface area contributed by atoms with Crippen molar-refractivity contribution in [2.24, 2.45) is 0 Å². The fourth-order valence-electron chi connectivity index (χ4n) is 0.0833. The van der Waals surface area contributed by atoms with Crippen LogP contribution in [0.1, 0.15) is 41.5 Å². The average molecular weight is 565 g/mol. The molecule has 0 aliphatic heterocycles. The van der Waals surface area contributed by atoms with E-state index in [0.717, 1.165) is 0 Å². The lowest BCUT2D eigenvalue weighted by molar-refractivity contribution is -0.138. The molecule has 216 valence electrons. The van der Waals surface area contributed by atoms with E-state index in [1.54, 1.807) is 40.5 Å². The molecule has 15 heteroatoms. The van der Waals surface area contributed by atoms with Gasteiger partial charge in [0, 0.05) is 55.6 Å². The lowest BCUT2D eigenvalue weighted by atomic mass is 10.7. The number of hydrogen-bond acceptors (Lipinski definition) is 13. The molecule has 2 N–H and O–H groups in total. The van der Waals surface area contributed by atoms with Crippen LogP contribution in [-0.2, 0) is 47.7 Å². The lowest BCUT2D eigenvalue weighted by Crippen LogP contribution is -2.11. The highest BCUT2D eigenvalue weighted by atomic mass is 32.2. The molecule has 0 atom stereocenters. The van der Waals surface area contributed by atoms with Crippen molar-refractivity contribution in [3.63, 3.8) is 0 Å². The Morgan fingerprint density at radius 3 is 0.639 bits per heavy atom. The van der Waals surface area contributed by atoms with E-state index in [2.05, 4.69) is 29.6 Å². The van der Waals surface area contributed by atoms with Crippen LogP contribution in [0.25, 0.3) is 0 Å². The quantitative estimate of drug-likeness (QED) is 0.322. The number of methoxy groups -OCH3 is 4. The van der Waals surface area contributed by atoms with Crippen molar-refractivity contribution in [2.75, 3.05) is 55.0 Å². The Labute approximate surface area is 223 Å². The van der Waals surface area contributed by atoms with Gasteiger partial charge in [0.05, 0.1) is 28.4 Å². The zero-order chi connectivity index (χ0) is 30.7. The van der Waals surface area contributed by atoms with Crippen molar-refractivity contribution in [2.45, 2.75) is 41.5 Å². The number of thioether (sulfide) groups is 2. The van der Waals surface area contributed by atoms with Gasteiger partial charge in [0.1, 0.15) is 0 Å². The summed E-state index contributed by atoms with van der Waals surface area (Å²) in [7, 11) is 8.41. The number of nitrogens with one attached hydrogen (secondary N) is 2. The van der Waals surface area contributed by atoms with Crippen molar-refractivity contribution in [1.82, 2.24) is 10.6 Å². The zero-order valence-electron chi connectivity index (χ0n) is 23.8. The summed E-state index contributed by atoms with van der Waals surface area (Å²) in [5.74, 6) is -0.481. The van der Waals surface area contributed by atoms with E-state index < -0.39 is 6.16 Å². The van der Waals surface area contributed by atoms with Gasteiger partial charge in [-0.1, -0.05) is 23.5 Å². The van der Waals surface area contributed by atoms with Crippen LogP contribution >= 0.6 is 23.5 Å². The number of carbonyl (C=O) groups excluding carboxylic acids is 7. The smallest absolute Gasteiger partial charge is 0.469 e. The minimum Gasteiger partial charge on any atom is -0.469 e. The van der Waals surface area contributed by atoms with Gasteiger partial charge in [-0.2, -0.15) is 0 Å². The van der Waals surface area contributed by atoms with Gasteiger partial charge in [-0.25, -0.2) is 4.79 Å². The molecule has 0 aromatic carbocycles. The van der Waals surface area contributed by atoms with Gasteiger partial charge < -0.3 is 29.6 Å². The number of amides is 2. The molecular weight excluding hydrogens is 520 g/mol. The first kappa shape index (κ1) is 50.1. The van der Waals surface area contributed by atoms with Crippen LogP contribution in [0.2, 0.25) is 0 Å². The summed E-state index contributed by atoms with van der Waals surface area (Å²) < 4.78 is 16.3. The highest BCUT2D eigenvalue weighted by molar-refractivity contribution is 8.13. The Kier molecular flexibility index (Phi) is 63.6. The second-order valence-electron chi connectivity index (χ2n) is 5.05. The zero-order valence-corrected chi connectivity index (χ0v) is 25.4. The topological polar surface area (TPSA) is 180 Å². The third-order valence-electron chi connectivity index (χ3n) is 2.19. The first-order valence-corrected chi connectivity index (χ1v) is 12.1. The molecule has 36 heavy (non-hydrogen) atoms. The molecule has 0 heterocycles. The summed E-state index contributed by atoms with van der Waals surface area (Å²) in [6.45, 7) is 8.76. The molecule has 0 unspecified atom stereocenters. The summed E-state index contributed by atoms with van der Waals surface area (Å²) in [4.78, 5) is 67.9. The first-order valence-electron chi connectivity index (χ1n) is 9.60. The maximum Gasteiger partial charge on any atom is 0.507 e. The number of esters is 2. The SMILES string of the molecule is CNC(C)=O.CNC(C)=O.COC(=O)OC.COC(C)=O.COC(C)=O.CSC(C)=O.CSC(C)=O. The average Bonchev–Trinajstić information content (AvgIpc) is 2.85. The molecule has 0 bridgehead atoms. The predicted octanol–water partition coefficient (Wildman–Crippen LogP) is 2.05. The lowest BCUT2D eigenvalue weighted by Gasteiger charge is -1.89. The van der Waals surface area contributed by atoms with Crippen molar-refractivity contribution >= 4 is 63.7 Å². The van der Waals surface area contributed by atoms with E-state index in [9.17, 15) is 33.6 Å². The largest absolute Gasteiger partial charge is 0.507 e. The van der Waals surface area contributed by atoms with E-state index in [1.165, 1.54) is 79.7 Å². The normalized spacial score (nSPS) is 7.06. The molecule has 0 aliphatic rings. The minimum atomic E-state index is -0.657. The Balaban J connectivity index is -0.0000000546. The number of carbonyl (C=O) groups is 7. The van der Waals surface area contributed by atoms with Gasteiger partial charge in [-0.15, -0.1) is 0 Å². The first-order chi connectivity index (χ1) is 16.4. The maximum atomic E-state index is 9.78. The molecule has 0 saturated heterocycles. The van der Waals surface area contributed by atoms with Crippen molar-refractivity contribution in [3.05, 3.63) is 0 Å². The Hall–Kier alpha value is -2.81. The van der Waals surface area contributed by atoms with Gasteiger partial charge in [-0.05, 0) is 12.5 Å². The summed E-state index contributed by atoms with van der Waals surface area (Å²) in [6.07, 6.45) is 2.88. The fraction of sp³-hybridized carbons (Fsp3) is 0.667. The second-order valence-corrected chi connectivity index (χ2v) is 7.02. The Bertz CT molecular complexity index is 474. The van der Waals surface area contributed by atoms with E-state index in [1.807, 2.05) is 0 Å². The van der Waals surface area contributed by atoms with E-state index in [0.29, 0.717) is 0 Å². The van der Waals surface area contributed by atoms with Crippen LogP contribution in [0.4, 0.5) is 4.79 Å². The molecule has 0 fully saturated rings. The third kappa shape index (κ3) is 163. The van der Waals surface area contributed by atoms with Gasteiger partial charge in [-0.3, -0.25) is 28.8 Å². The summed E-state index contributed by atoms with van der Waals surface area (Å²) >= 11 is 2.48. The molecule has 0 rings (SSSR count). The fourth-order valence-corrected chi connectivity index (χ4v) is 0.0833. The predicted molar refractivity (Wildman–Crippen MR) is 143 cm³/mol. The standard InChI is InChI=1S/2C3H7NO.C3H6O3.2C3H6O2.2C3H6OS/c2*1-3(5)4-2;1-5-3(4)6-2;4*1-3(4)5-2/h2*1-2H3,(H,4,5);1-2H3;4*1-2H3. The number of ether oxygens (including phenoxy) is 4. The summed E-state index contributed by atoms with van der Waals surface area (Å²) in [5.41, 5.74) is 0. The van der Waals surface area contributed by atoms with Gasteiger partial charge in [0.2, 0.25) is 11.8 Å². The molecule has 13 nitrogen and oxygen atoms in total. The third-order valence-corrected chi connectivity index (χ3v) is 3.34. The molecule has 0 aromatic heterocycles. The van der Waals surface area contributed by atoms with Crippen molar-refractivity contribution in [1.29, 1.82) is 0 Å². The molecular formula is C21H44N2O11S2. The van der Waals surface area contributed by atoms with Crippen LogP contribution in [0.3, 0.4) is 0 Å². The highest BCUT2D eigenvalue weighted by Gasteiger charge is 1.88. The molecule has 2 amide bonds. The van der Waals surface area contributed by atoms with Gasteiger partial charge in [0.15, 0.2) is 10.2 Å². The van der Waals surface area contributed by atoms with Crippen LogP contribution in [-0.4, -0.2) is 95.2 Å². The Morgan fingerprint density at radius 1 is 0.500 bits per heavy atom. The molecule has 0 aliphatic carbocycles. The second kappa shape index (κ2) is 45.7. The Morgan fingerprint density at radius 2 is 0.639 bits per heavy atom. The van der Waals surface area contributed by atoms with Crippen molar-refractivity contribution < 1.29 is 52.5 Å². The van der Waals surface area contributed by atoms with E-state index in [4.69, 9.17) is 0 Å². The van der Waals surface area contributed by atoms with Crippen LogP contribution < -0.4 is 10.6 Å². The monoisotopic (exact) mass is 564 g/mol. The molecule has 0 aromatic rings. The van der Waals surface area contributed by atoms with Gasteiger partial charge in [0.25, 0.3) is 0 Å². The summed E-state index contributed by atoms with van der Waals surface area (Å²) in [6, 6.07) is 0. The van der Waals surface area contributed by atoms with Crippen LogP contribution in [0.15, 0.2) is 0 Å². The molecule has 0 radical (unpaired) electrons. The number of hydrogen-bond donors (Lipinski definition) is 2. The molecule has 0 saturated carbocycles. The highest BCUT2D eigenvalue weighted by Crippen LogP contribution is 1.88. The number of rotatable bonds is 0. The minimum absolute atomic E-state index is 0.00463. The summed E-state index contributed by atoms with van der Waals surface area (Å²) in [5, 5.41) is 5.12.